The number of halogens is 3. The number of ether oxygens (including phenoxy) is 1. The van der Waals surface area contributed by atoms with Gasteiger partial charge in [-0.3, -0.25) is 9.69 Å². The number of fused-ring (bicyclic) bond motifs is 1. The molecule has 0 fully saturated rings. The fraction of sp³-hybridized carbons (Fsp3) is 0.300. The first-order chi connectivity index (χ1) is 13.4. The van der Waals surface area contributed by atoms with E-state index in [-0.39, 0.29) is 23.8 Å². The Morgan fingerprint density at radius 2 is 1.83 bits per heavy atom. The van der Waals surface area contributed by atoms with Gasteiger partial charge in [-0.25, -0.2) is 13.8 Å². The maximum atomic E-state index is 14.1. The molecule has 0 aliphatic rings. The lowest BCUT2D eigenvalue weighted by Crippen LogP contribution is -2.36. The topological polar surface area (TPSA) is 45.7 Å². The van der Waals surface area contributed by atoms with Gasteiger partial charge < -0.3 is 9.64 Å². The SMILES string of the molecule is CCOc1ccc(C(=O)N(CCN(C)C)c2nc3c(F)cc(F)cc3s2)cc1.Cl. The highest BCUT2D eigenvalue weighted by molar-refractivity contribution is 7.22. The van der Waals surface area contributed by atoms with Crippen LogP contribution >= 0.6 is 23.7 Å². The van der Waals surface area contributed by atoms with E-state index in [2.05, 4.69) is 4.98 Å². The van der Waals surface area contributed by atoms with Gasteiger partial charge in [0.25, 0.3) is 5.91 Å². The van der Waals surface area contributed by atoms with Gasteiger partial charge in [0.15, 0.2) is 10.9 Å². The highest BCUT2D eigenvalue weighted by atomic mass is 35.5. The largest absolute Gasteiger partial charge is 0.494 e. The summed E-state index contributed by atoms with van der Waals surface area (Å²) >= 11 is 1.09. The zero-order valence-electron chi connectivity index (χ0n) is 16.3. The van der Waals surface area contributed by atoms with Crippen molar-refractivity contribution in [2.24, 2.45) is 0 Å². The van der Waals surface area contributed by atoms with Crippen LogP contribution in [0.15, 0.2) is 36.4 Å². The van der Waals surface area contributed by atoms with Crippen molar-refractivity contribution in [3.05, 3.63) is 53.6 Å². The zero-order chi connectivity index (χ0) is 20.3. The van der Waals surface area contributed by atoms with Crippen molar-refractivity contribution in [2.75, 3.05) is 38.7 Å². The van der Waals surface area contributed by atoms with E-state index < -0.39 is 11.6 Å². The van der Waals surface area contributed by atoms with Crippen LogP contribution in [-0.4, -0.2) is 49.6 Å². The fourth-order valence-electron chi connectivity index (χ4n) is 2.66. The lowest BCUT2D eigenvalue weighted by Gasteiger charge is -2.22. The molecule has 2 aromatic carbocycles. The summed E-state index contributed by atoms with van der Waals surface area (Å²) in [5, 5.41) is 0.334. The van der Waals surface area contributed by atoms with Crippen LogP contribution < -0.4 is 9.64 Å². The van der Waals surface area contributed by atoms with Crippen LogP contribution in [0.5, 0.6) is 5.75 Å². The quantitative estimate of drug-likeness (QED) is 0.537. The summed E-state index contributed by atoms with van der Waals surface area (Å²) in [6.07, 6.45) is 0. The number of thiazole rings is 1. The molecule has 0 radical (unpaired) electrons. The average Bonchev–Trinajstić information content (AvgIpc) is 3.06. The molecule has 3 aromatic rings. The first-order valence-electron chi connectivity index (χ1n) is 8.84. The third-order valence-electron chi connectivity index (χ3n) is 4.06. The normalized spacial score (nSPS) is 10.8. The van der Waals surface area contributed by atoms with Crippen molar-refractivity contribution in [2.45, 2.75) is 6.92 Å². The molecule has 5 nitrogen and oxygen atoms in total. The van der Waals surface area contributed by atoms with Crippen LogP contribution in [0, 0.1) is 11.6 Å². The van der Waals surface area contributed by atoms with Gasteiger partial charge in [-0.15, -0.1) is 12.4 Å². The van der Waals surface area contributed by atoms with E-state index in [0.29, 0.717) is 40.8 Å². The van der Waals surface area contributed by atoms with Gasteiger partial charge in [-0.05, 0) is 51.4 Å². The Morgan fingerprint density at radius 3 is 2.45 bits per heavy atom. The van der Waals surface area contributed by atoms with Crippen LogP contribution in [0.3, 0.4) is 0 Å². The number of benzene rings is 2. The highest BCUT2D eigenvalue weighted by Crippen LogP contribution is 2.32. The first-order valence-corrected chi connectivity index (χ1v) is 9.65. The number of likely N-dealkylation sites (N-methyl/N-ethyl adjacent to an activating group) is 1. The van der Waals surface area contributed by atoms with Gasteiger partial charge in [0.2, 0.25) is 0 Å². The molecule has 29 heavy (non-hydrogen) atoms. The third kappa shape index (κ3) is 5.41. The van der Waals surface area contributed by atoms with E-state index in [9.17, 15) is 13.6 Å². The van der Waals surface area contributed by atoms with Crippen molar-refractivity contribution in [1.29, 1.82) is 0 Å². The second-order valence-corrected chi connectivity index (χ2v) is 7.46. The molecule has 0 N–H and O–H groups in total. The molecule has 0 unspecified atom stereocenters. The first kappa shape index (κ1) is 23.0. The minimum Gasteiger partial charge on any atom is -0.494 e. The lowest BCUT2D eigenvalue weighted by molar-refractivity contribution is 0.0985. The minimum atomic E-state index is -0.737. The molecule has 1 amide bonds. The van der Waals surface area contributed by atoms with E-state index in [0.717, 1.165) is 17.4 Å². The van der Waals surface area contributed by atoms with Gasteiger partial charge in [0, 0.05) is 24.7 Å². The number of nitrogens with zero attached hydrogens (tertiary/aromatic N) is 3. The third-order valence-corrected chi connectivity index (χ3v) is 5.09. The number of anilines is 1. The predicted molar refractivity (Wildman–Crippen MR) is 115 cm³/mol. The summed E-state index contributed by atoms with van der Waals surface area (Å²) in [5.41, 5.74) is 0.531. The Bertz CT molecular complexity index is 980. The Labute approximate surface area is 178 Å². The summed E-state index contributed by atoms with van der Waals surface area (Å²) in [6, 6.07) is 8.85. The Kier molecular flexibility index (Phi) is 7.89. The summed E-state index contributed by atoms with van der Waals surface area (Å²) in [6.45, 7) is 3.38. The van der Waals surface area contributed by atoms with E-state index in [1.54, 1.807) is 24.3 Å². The second kappa shape index (κ2) is 9.96. The molecule has 0 aliphatic heterocycles. The predicted octanol–water partition coefficient (Wildman–Crippen LogP) is 4.60. The second-order valence-electron chi connectivity index (χ2n) is 6.45. The van der Waals surface area contributed by atoms with Gasteiger partial charge in [0.05, 0.1) is 11.3 Å². The Morgan fingerprint density at radius 1 is 1.14 bits per heavy atom. The smallest absolute Gasteiger partial charge is 0.260 e. The number of carbonyl (C=O) groups excluding carboxylic acids is 1. The Hall–Kier alpha value is -2.29. The molecule has 0 bridgehead atoms. The molecule has 1 heterocycles. The maximum absolute atomic E-state index is 14.1. The lowest BCUT2D eigenvalue weighted by atomic mass is 10.2. The van der Waals surface area contributed by atoms with Crippen molar-refractivity contribution < 1.29 is 18.3 Å². The number of aromatic nitrogens is 1. The molecule has 9 heteroatoms. The monoisotopic (exact) mass is 441 g/mol. The maximum Gasteiger partial charge on any atom is 0.260 e. The molecule has 3 rings (SSSR count). The molecular weight excluding hydrogens is 420 g/mol. The van der Waals surface area contributed by atoms with Crippen LogP contribution in [-0.2, 0) is 0 Å². The number of rotatable bonds is 7. The van der Waals surface area contributed by atoms with Crippen LogP contribution in [0.2, 0.25) is 0 Å². The van der Waals surface area contributed by atoms with Crippen LogP contribution in [0.1, 0.15) is 17.3 Å². The van der Waals surface area contributed by atoms with Crippen molar-refractivity contribution in [1.82, 2.24) is 9.88 Å². The van der Waals surface area contributed by atoms with Gasteiger partial charge in [-0.2, -0.15) is 0 Å². The number of carbonyl (C=O) groups is 1. The van der Waals surface area contributed by atoms with Crippen LogP contribution in [0.4, 0.5) is 13.9 Å². The van der Waals surface area contributed by atoms with Crippen molar-refractivity contribution in [3.63, 3.8) is 0 Å². The molecular formula is C20H22ClF2N3O2S. The van der Waals surface area contributed by atoms with E-state index in [4.69, 9.17) is 4.74 Å². The van der Waals surface area contributed by atoms with Gasteiger partial charge in [-0.1, -0.05) is 11.3 Å². The molecule has 156 valence electrons. The highest BCUT2D eigenvalue weighted by Gasteiger charge is 2.22. The van der Waals surface area contributed by atoms with Gasteiger partial charge in [0.1, 0.15) is 17.1 Å². The van der Waals surface area contributed by atoms with E-state index >= 15 is 0 Å². The average molecular weight is 442 g/mol. The summed E-state index contributed by atoms with van der Waals surface area (Å²) < 4.78 is 33.4. The van der Waals surface area contributed by atoms with E-state index in [1.165, 1.54) is 11.0 Å². The summed E-state index contributed by atoms with van der Waals surface area (Å²) in [5.74, 6) is -0.988. The molecule has 0 spiro atoms. The minimum absolute atomic E-state index is 0. The number of amides is 1. The molecule has 1 aromatic heterocycles. The Balaban J connectivity index is 0.00000300. The van der Waals surface area contributed by atoms with Crippen molar-refractivity contribution in [3.8, 4) is 5.75 Å². The summed E-state index contributed by atoms with van der Waals surface area (Å²) in [7, 11) is 3.79. The zero-order valence-corrected chi connectivity index (χ0v) is 17.9. The summed E-state index contributed by atoms with van der Waals surface area (Å²) in [4.78, 5) is 20.8. The molecule has 0 saturated heterocycles. The molecule has 0 atom stereocenters. The standard InChI is InChI=1S/C20H21F2N3O2S.ClH/c1-4-27-15-7-5-13(6-8-15)19(26)25(10-9-24(2)3)20-23-18-16(22)11-14(21)12-17(18)28-20;/h5-8,11-12H,4,9-10H2,1-3H3;1H. The van der Waals surface area contributed by atoms with E-state index in [1.807, 2.05) is 25.9 Å². The number of hydrogen-bond acceptors (Lipinski definition) is 5. The van der Waals surface area contributed by atoms with Crippen molar-refractivity contribution >= 4 is 45.0 Å². The molecule has 0 aliphatic carbocycles. The van der Waals surface area contributed by atoms with Crippen LogP contribution in [0.25, 0.3) is 10.2 Å². The number of hydrogen-bond donors (Lipinski definition) is 0. The molecule has 0 saturated carbocycles. The fourth-order valence-corrected chi connectivity index (χ4v) is 3.69. The van der Waals surface area contributed by atoms with Gasteiger partial charge >= 0.3 is 0 Å².